The fraction of sp³-hybridized carbons (Fsp3) is 0.455. The van der Waals surface area contributed by atoms with Gasteiger partial charge in [-0.2, -0.15) is 0 Å². The molecule has 0 saturated heterocycles. The Morgan fingerprint density at radius 2 is 1.68 bits per heavy atom. The molecule has 1 fully saturated rings. The van der Waals surface area contributed by atoms with Crippen LogP contribution in [0.3, 0.4) is 0 Å². The fourth-order valence-corrected chi connectivity index (χ4v) is 5.33. The van der Waals surface area contributed by atoms with E-state index < -0.39 is 0 Å². The summed E-state index contributed by atoms with van der Waals surface area (Å²) in [5, 5.41) is 0. The normalized spacial score (nSPS) is 33.3. The van der Waals surface area contributed by atoms with E-state index >= 15 is 0 Å². The minimum absolute atomic E-state index is 0.385. The number of hydrogen-bond donors (Lipinski definition) is 0. The molecule has 0 amide bonds. The van der Waals surface area contributed by atoms with Gasteiger partial charge in [-0.1, -0.05) is 62.4 Å². The highest BCUT2D eigenvalue weighted by molar-refractivity contribution is 5.43. The number of rotatable bonds is 1. The van der Waals surface area contributed by atoms with Gasteiger partial charge in [0.1, 0.15) is 0 Å². The first-order valence-corrected chi connectivity index (χ1v) is 8.74. The van der Waals surface area contributed by atoms with Gasteiger partial charge in [-0.3, -0.25) is 0 Å². The summed E-state index contributed by atoms with van der Waals surface area (Å²) in [6, 6.07) is 18.2. The molecule has 1 unspecified atom stereocenters. The van der Waals surface area contributed by atoms with Gasteiger partial charge < -0.3 is 0 Å². The molecule has 0 bridgehead atoms. The molecule has 0 spiro atoms. The molecule has 4 rings (SSSR count). The van der Waals surface area contributed by atoms with Crippen molar-refractivity contribution in [2.24, 2.45) is 11.8 Å². The second-order valence-corrected chi connectivity index (χ2v) is 7.77. The molecule has 0 heterocycles. The first-order chi connectivity index (χ1) is 10.6. The quantitative estimate of drug-likeness (QED) is 0.637. The maximum absolute atomic E-state index is 2.53. The number of aryl methyl sites for hydroxylation is 1. The van der Waals surface area contributed by atoms with Crippen molar-refractivity contribution in [3.8, 4) is 0 Å². The molecule has 0 heteroatoms. The van der Waals surface area contributed by atoms with E-state index in [0.717, 1.165) is 17.8 Å². The maximum Gasteiger partial charge on any atom is -0.00151 e. The summed E-state index contributed by atoms with van der Waals surface area (Å²) >= 11 is 0. The van der Waals surface area contributed by atoms with E-state index in [2.05, 4.69) is 69.3 Å². The molecular formula is C22H26. The van der Waals surface area contributed by atoms with E-state index in [1.54, 1.807) is 16.7 Å². The van der Waals surface area contributed by atoms with E-state index in [1.807, 2.05) is 0 Å². The molecule has 2 aromatic rings. The second kappa shape index (κ2) is 4.98. The average molecular weight is 290 g/mol. The van der Waals surface area contributed by atoms with Crippen LogP contribution in [0, 0.1) is 18.8 Å². The third-order valence-corrected chi connectivity index (χ3v) is 6.77. The third-order valence-electron chi connectivity index (χ3n) is 6.77. The summed E-state index contributed by atoms with van der Waals surface area (Å²) in [5.41, 5.74) is 6.68. The van der Waals surface area contributed by atoms with E-state index in [1.165, 1.54) is 24.8 Å². The van der Waals surface area contributed by atoms with Crippen LogP contribution in [0.5, 0.6) is 0 Å². The zero-order valence-electron chi connectivity index (χ0n) is 14.0. The lowest BCUT2D eigenvalue weighted by Gasteiger charge is -2.46. The molecule has 22 heavy (non-hydrogen) atoms. The zero-order valence-corrected chi connectivity index (χ0v) is 14.0. The summed E-state index contributed by atoms with van der Waals surface area (Å²) in [4.78, 5) is 0. The van der Waals surface area contributed by atoms with Gasteiger partial charge in [0.25, 0.3) is 0 Å². The predicted octanol–water partition coefficient (Wildman–Crippen LogP) is 5.64. The smallest absolute Gasteiger partial charge is 0.00151 e. The first-order valence-electron chi connectivity index (χ1n) is 8.74. The van der Waals surface area contributed by atoms with Gasteiger partial charge in [0, 0.05) is 0 Å². The standard InChI is InChI=1S/C22H26/c1-15-8-4-6-10-20(15)18-12-16(2)22(3)19(14-18)13-17-9-5-7-11-21(17)22/h4-11,16,18-19H,12-14H2,1-3H3/t16-,18?,19+,22+/m0/s1. The van der Waals surface area contributed by atoms with Gasteiger partial charge >= 0.3 is 0 Å². The third kappa shape index (κ3) is 1.89. The van der Waals surface area contributed by atoms with E-state index in [-0.39, 0.29) is 0 Å². The number of benzene rings is 2. The molecule has 0 radical (unpaired) electrons. The van der Waals surface area contributed by atoms with Crippen molar-refractivity contribution in [2.45, 2.75) is 51.4 Å². The van der Waals surface area contributed by atoms with Gasteiger partial charge in [-0.25, -0.2) is 0 Å². The molecule has 2 aromatic carbocycles. The van der Waals surface area contributed by atoms with Crippen LogP contribution < -0.4 is 0 Å². The van der Waals surface area contributed by atoms with Crippen LogP contribution in [0.15, 0.2) is 48.5 Å². The van der Waals surface area contributed by atoms with E-state index in [0.29, 0.717) is 5.41 Å². The zero-order chi connectivity index (χ0) is 15.3. The Kier molecular flexibility index (Phi) is 3.18. The van der Waals surface area contributed by atoms with Crippen molar-refractivity contribution in [2.75, 3.05) is 0 Å². The van der Waals surface area contributed by atoms with Crippen LogP contribution in [0.4, 0.5) is 0 Å². The lowest BCUT2D eigenvalue weighted by molar-refractivity contribution is 0.133. The Hall–Kier alpha value is -1.56. The van der Waals surface area contributed by atoms with Gasteiger partial charge in [0.2, 0.25) is 0 Å². The van der Waals surface area contributed by atoms with Crippen molar-refractivity contribution < 1.29 is 0 Å². The van der Waals surface area contributed by atoms with Crippen LogP contribution in [-0.4, -0.2) is 0 Å². The summed E-state index contributed by atoms with van der Waals surface area (Å²) in [6.07, 6.45) is 3.95. The summed E-state index contributed by atoms with van der Waals surface area (Å²) in [6.45, 7) is 7.29. The molecule has 2 aliphatic rings. The highest BCUT2D eigenvalue weighted by atomic mass is 14.5. The molecule has 2 aliphatic carbocycles. The Morgan fingerprint density at radius 3 is 2.50 bits per heavy atom. The van der Waals surface area contributed by atoms with Crippen molar-refractivity contribution in [1.29, 1.82) is 0 Å². The first kappa shape index (κ1) is 14.1. The van der Waals surface area contributed by atoms with Gasteiger partial charge in [0.15, 0.2) is 0 Å². The molecule has 0 aliphatic heterocycles. The molecule has 0 aromatic heterocycles. The Morgan fingerprint density at radius 1 is 0.955 bits per heavy atom. The number of hydrogen-bond acceptors (Lipinski definition) is 0. The monoisotopic (exact) mass is 290 g/mol. The minimum atomic E-state index is 0.385. The fourth-order valence-electron chi connectivity index (χ4n) is 5.33. The Labute approximate surface area is 134 Å². The van der Waals surface area contributed by atoms with Crippen molar-refractivity contribution in [3.05, 3.63) is 70.8 Å². The van der Waals surface area contributed by atoms with Crippen LogP contribution in [0.2, 0.25) is 0 Å². The molecule has 4 atom stereocenters. The summed E-state index contributed by atoms with van der Waals surface area (Å²) in [5.74, 6) is 2.29. The highest BCUT2D eigenvalue weighted by Crippen LogP contribution is 2.57. The van der Waals surface area contributed by atoms with Gasteiger partial charge in [0.05, 0.1) is 0 Å². The summed E-state index contributed by atoms with van der Waals surface area (Å²) in [7, 11) is 0. The minimum Gasteiger partial charge on any atom is -0.0620 e. The van der Waals surface area contributed by atoms with E-state index in [9.17, 15) is 0 Å². The highest BCUT2D eigenvalue weighted by Gasteiger charge is 2.50. The Balaban J connectivity index is 1.71. The molecular weight excluding hydrogens is 264 g/mol. The Bertz CT molecular complexity index is 699. The lowest BCUT2D eigenvalue weighted by atomic mass is 9.58. The van der Waals surface area contributed by atoms with Crippen molar-refractivity contribution in [3.63, 3.8) is 0 Å². The van der Waals surface area contributed by atoms with Crippen molar-refractivity contribution >= 4 is 0 Å². The second-order valence-electron chi connectivity index (χ2n) is 7.77. The topological polar surface area (TPSA) is 0 Å². The molecule has 114 valence electrons. The molecule has 1 saturated carbocycles. The van der Waals surface area contributed by atoms with Crippen LogP contribution >= 0.6 is 0 Å². The lowest BCUT2D eigenvalue weighted by Crippen LogP contribution is -2.41. The number of fused-ring (bicyclic) bond motifs is 3. The SMILES string of the molecule is Cc1ccccc1C1C[C@H]2Cc3ccccc3[C@]2(C)[C@@H](C)C1. The van der Waals surface area contributed by atoms with Crippen LogP contribution in [0.1, 0.15) is 54.9 Å². The van der Waals surface area contributed by atoms with E-state index in [4.69, 9.17) is 0 Å². The summed E-state index contributed by atoms with van der Waals surface area (Å²) < 4.78 is 0. The largest absolute Gasteiger partial charge is 0.0620 e. The van der Waals surface area contributed by atoms with Crippen molar-refractivity contribution in [1.82, 2.24) is 0 Å². The molecule has 0 nitrogen and oxygen atoms in total. The van der Waals surface area contributed by atoms with Gasteiger partial charge in [-0.05, 0) is 71.6 Å². The average Bonchev–Trinajstić information content (AvgIpc) is 2.82. The maximum atomic E-state index is 2.53. The van der Waals surface area contributed by atoms with Crippen LogP contribution in [0.25, 0.3) is 0 Å². The predicted molar refractivity (Wildman–Crippen MR) is 93.3 cm³/mol. The van der Waals surface area contributed by atoms with Gasteiger partial charge in [-0.15, -0.1) is 0 Å². The molecule has 0 N–H and O–H groups in total. The van der Waals surface area contributed by atoms with Crippen LogP contribution in [-0.2, 0) is 11.8 Å².